The zero-order valence-electron chi connectivity index (χ0n) is 13.0. The number of nitrogens with one attached hydrogen (secondary N) is 1. The molecule has 0 aromatic heterocycles. The first-order chi connectivity index (χ1) is 11.9. The van der Waals surface area contributed by atoms with E-state index in [1.807, 2.05) is 6.07 Å². The van der Waals surface area contributed by atoms with E-state index in [0.29, 0.717) is 0 Å². The van der Waals surface area contributed by atoms with Gasteiger partial charge in [-0.2, -0.15) is 0 Å². The van der Waals surface area contributed by atoms with Crippen LogP contribution in [0.15, 0.2) is 42.5 Å². The number of hydrogen-bond donors (Lipinski definition) is 3. The van der Waals surface area contributed by atoms with Gasteiger partial charge in [-0.05, 0) is 23.3 Å². The van der Waals surface area contributed by atoms with Crippen molar-refractivity contribution in [2.75, 3.05) is 6.54 Å². The molecule has 3 N–H and O–H groups in total. The van der Waals surface area contributed by atoms with Crippen LogP contribution in [0.1, 0.15) is 17.2 Å². The topological polar surface area (TPSA) is 78.8 Å². The minimum atomic E-state index is -1.62. The lowest BCUT2D eigenvalue weighted by Crippen LogP contribution is -2.35. The molecule has 2 aromatic carbocycles. The molecular formula is C17H16ClF2NO4. The molecule has 2 aromatic rings. The Hall–Kier alpha value is -2.22. The van der Waals surface area contributed by atoms with E-state index >= 15 is 0 Å². The summed E-state index contributed by atoms with van der Waals surface area (Å²) in [5.74, 6) is -2.11. The van der Waals surface area contributed by atoms with E-state index in [4.69, 9.17) is 16.3 Å². The zero-order valence-corrected chi connectivity index (χ0v) is 13.7. The molecule has 25 heavy (non-hydrogen) atoms. The van der Waals surface area contributed by atoms with Gasteiger partial charge in [0.1, 0.15) is 35.5 Å². The monoisotopic (exact) mass is 371 g/mol. The summed E-state index contributed by atoms with van der Waals surface area (Å²) in [7, 11) is 0. The van der Waals surface area contributed by atoms with E-state index in [2.05, 4.69) is 5.32 Å². The minimum Gasteiger partial charge on any atom is -0.445 e. The highest BCUT2D eigenvalue weighted by Crippen LogP contribution is 2.25. The van der Waals surface area contributed by atoms with Gasteiger partial charge in [0.2, 0.25) is 0 Å². The van der Waals surface area contributed by atoms with Crippen molar-refractivity contribution in [3.8, 4) is 0 Å². The molecule has 0 aliphatic heterocycles. The van der Waals surface area contributed by atoms with Crippen LogP contribution in [0.3, 0.4) is 0 Å². The number of ether oxygens (including phenoxy) is 1. The molecule has 0 spiro atoms. The molecule has 1 amide bonds. The lowest BCUT2D eigenvalue weighted by Gasteiger charge is -2.19. The Morgan fingerprint density at radius 3 is 2.36 bits per heavy atom. The van der Waals surface area contributed by atoms with Crippen LogP contribution in [0.5, 0.6) is 0 Å². The van der Waals surface area contributed by atoms with Gasteiger partial charge in [-0.15, -0.1) is 0 Å². The Morgan fingerprint density at radius 1 is 1.16 bits per heavy atom. The molecule has 0 heterocycles. The average molecular weight is 372 g/mol. The number of hydrogen-bond acceptors (Lipinski definition) is 4. The van der Waals surface area contributed by atoms with Crippen LogP contribution in [-0.4, -0.2) is 29.0 Å². The maximum Gasteiger partial charge on any atom is 0.407 e. The van der Waals surface area contributed by atoms with Gasteiger partial charge in [-0.25, -0.2) is 13.6 Å². The average Bonchev–Trinajstić information content (AvgIpc) is 2.62. The van der Waals surface area contributed by atoms with Gasteiger partial charge in [0, 0.05) is 6.54 Å². The molecule has 8 heteroatoms. The van der Waals surface area contributed by atoms with Crippen molar-refractivity contribution < 1.29 is 28.5 Å². The van der Waals surface area contributed by atoms with Gasteiger partial charge in [-0.1, -0.05) is 41.9 Å². The molecule has 0 aliphatic carbocycles. The quantitative estimate of drug-likeness (QED) is 0.682. The number of amides is 1. The van der Waals surface area contributed by atoms with E-state index in [1.165, 1.54) is 0 Å². The Kier molecular flexibility index (Phi) is 6.69. The van der Waals surface area contributed by atoms with Gasteiger partial charge in [-0.3, -0.25) is 0 Å². The molecule has 0 saturated heterocycles. The summed E-state index contributed by atoms with van der Waals surface area (Å²) in [5, 5.41) is 21.3. The summed E-state index contributed by atoms with van der Waals surface area (Å²) < 4.78 is 31.7. The van der Waals surface area contributed by atoms with Crippen molar-refractivity contribution >= 4 is 17.7 Å². The molecule has 0 bridgehead atoms. The second kappa shape index (κ2) is 8.75. The van der Waals surface area contributed by atoms with E-state index in [1.54, 1.807) is 24.3 Å². The Labute approximate surface area is 147 Å². The summed E-state index contributed by atoms with van der Waals surface area (Å²) >= 11 is 5.35. The number of carbonyl (C=O) groups excluding carboxylic acids is 1. The van der Waals surface area contributed by atoms with E-state index < -0.39 is 35.0 Å². The fourth-order valence-corrected chi connectivity index (χ4v) is 2.15. The molecule has 0 radical (unpaired) electrons. The van der Waals surface area contributed by atoms with Crippen LogP contribution < -0.4 is 5.32 Å². The Bertz CT molecular complexity index is 707. The molecule has 2 unspecified atom stereocenters. The van der Waals surface area contributed by atoms with Crippen molar-refractivity contribution in [1.29, 1.82) is 0 Å². The highest BCUT2D eigenvalue weighted by atomic mass is 35.5. The van der Waals surface area contributed by atoms with Crippen LogP contribution >= 0.6 is 11.6 Å². The first kappa shape index (κ1) is 19.1. The lowest BCUT2D eigenvalue weighted by molar-refractivity contribution is 0.0181. The SMILES string of the molecule is O=C(NCC(O)C(O)c1cc(F)c(Cl)c(F)c1)OCc1ccccc1. The standard InChI is InChI=1S/C17H16ClF2NO4/c18-15-12(19)6-11(7-13(15)20)16(23)14(22)8-21-17(24)25-9-10-4-2-1-3-5-10/h1-7,14,16,22-23H,8-9H2,(H,21,24). The number of rotatable bonds is 6. The smallest absolute Gasteiger partial charge is 0.407 e. The van der Waals surface area contributed by atoms with Crippen molar-refractivity contribution in [2.24, 2.45) is 0 Å². The summed E-state index contributed by atoms with van der Waals surface area (Å²) in [6, 6.07) is 10.6. The zero-order chi connectivity index (χ0) is 18.4. The maximum absolute atomic E-state index is 13.4. The largest absolute Gasteiger partial charge is 0.445 e. The Morgan fingerprint density at radius 2 is 1.76 bits per heavy atom. The van der Waals surface area contributed by atoms with Crippen LogP contribution in [0.4, 0.5) is 13.6 Å². The van der Waals surface area contributed by atoms with Gasteiger partial charge in [0.05, 0.1) is 0 Å². The van der Waals surface area contributed by atoms with Crippen molar-refractivity contribution in [1.82, 2.24) is 5.32 Å². The molecule has 2 atom stereocenters. The minimum absolute atomic E-state index is 0.0406. The van der Waals surface area contributed by atoms with Crippen LogP contribution in [0, 0.1) is 11.6 Å². The molecule has 2 rings (SSSR count). The highest BCUT2D eigenvalue weighted by Gasteiger charge is 2.22. The summed E-state index contributed by atoms with van der Waals surface area (Å²) in [5.41, 5.74) is 0.580. The van der Waals surface area contributed by atoms with E-state index in [0.717, 1.165) is 17.7 Å². The van der Waals surface area contributed by atoms with Crippen LogP contribution in [-0.2, 0) is 11.3 Å². The second-order valence-electron chi connectivity index (χ2n) is 5.25. The van der Waals surface area contributed by atoms with Gasteiger partial charge in [0.25, 0.3) is 0 Å². The van der Waals surface area contributed by atoms with Gasteiger partial charge in [0.15, 0.2) is 0 Å². The predicted molar refractivity (Wildman–Crippen MR) is 87.0 cm³/mol. The van der Waals surface area contributed by atoms with E-state index in [9.17, 15) is 23.8 Å². The first-order valence-electron chi connectivity index (χ1n) is 7.33. The lowest BCUT2D eigenvalue weighted by atomic mass is 10.0. The number of aliphatic hydroxyl groups excluding tert-OH is 2. The van der Waals surface area contributed by atoms with Gasteiger partial charge < -0.3 is 20.3 Å². The Balaban J connectivity index is 1.84. The summed E-state index contributed by atoms with van der Waals surface area (Å²) in [6.45, 7) is -0.334. The normalized spacial score (nSPS) is 13.2. The number of benzene rings is 2. The van der Waals surface area contributed by atoms with Crippen molar-refractivity contribution in [3.05, 3.63) is 70.2 Å². The number of alkyl carbamates (subject to hydrolysis) is 1. The van der Waals surface area contributed by atoms with E-state index in [-0.39, 0.29) is 18.7 Å². The van der Waals surface area contributed by atoms with Crippen LogP contribution in [0.2, 0.25) is 5.02 Å². The molecular weight excluding hydrogens is 356 g/mol. The summed E-state index contributed by atoms with van der Waals surface area (Å²) in [4.78, 5) is 11.6. The third-order valence-corrected chi connectivity index (χ3v) is 3.74. The predicted octanol–water partition coefficient (Wildman–Crippen LogP) is 2.94. The molecule has 134 valence electrons. The molecule has 0 fully saturated rings. The maximum atomic E-state index is 13.4. The molecule has 0 aliphatic rings. The molecule has 0 saturated carbocycles. The second-order valence-corrected chi connectivity index (χ2v) is 5.63. The summed E-state index contributed by atoms with van der Waals surface area (Å²) in [6.07, 6.45) is -3.91. The fourth-order valence-electron chi connectivity index (χ4n) is 2.04. The van der Waals surface area contributed by atoms with Crippen molar-refractivity contribution in [2.45, 2.75) is 18.8 Å². The number of aliphatic hydroxyl groups is 2. The highest BCUT2D eigenvalue weighted by molar-refractivity contribution is 6.30. The van der Waals surface area contributed by atoms with Crippen LogP contribution in [0.25, 0.3) is 0 Å². The fraction of sp³-hybridized carbons (Fsp3) is 0.235. The number of carbonyl (C=O) groups is 1. The number of halogens is 3. The third kappa shape index (κ3) is 5.38. The van der Waals surface area contributed by atoms with Crippen molar-refractivity contribution in [3.63, 3.8) is 0 Å². The first-order valence-corrected chi connectivity index (χ1v) is 7.71. The molecule has 5 nitrogen and oxygen atoms in total. The third-order valence-electron chi connectivity index (χ3n) is 3.38. The van der Waals surface area contributed by atoms with Gasteiger partial charge >= 0.3 is 6.09 Å².